The minimum Gasteiger partial charge on any atom is -0.481 e. The van der Waals surface area contributed by atoms with Crippen molar-refractivity contribution < 1.29 is 65.7 Å². The highest BCUT2D eigenvalue weighted by Gasteiger charge is 2.52. The summed E-state index contributed by atoms with van der Waals surface area (Å²) >= 11 is 0. The van der Waals surface area contributed by atoms with E-state index in [-0.39, 0.29) is 31.8 Å². The van der Waals surface area contributed by atoms with Crippen LogP contribution in [0.5, 0.6) is 0 Å². The van der Waals surface area contributed by atoms with Gasteiger partial charge in [-0.3, -0.25) is 9.59 Å². The molecule has 0 bridgehead atoms. The summed E-state index contributed by atoms with van der Waals surface area (Å²) in [5.41, 5.74) is 2.73. The van der Waals surface area contributed by atoms with E-state index in [0.29, 0.717) is 128 Å². The van der Waals surface area contributed by atoms with Gasteiger partial charge >= 0.3 is 12.9 Å². The van der Waals surface area contributed by atoms with E-state index in [1.807, 2.05) is 6.92 Å². The first kappa shape index (κ1) is 41.4. The van der Waals surface area contributed by atoms with E-state index >= 15 is 8.63 Å². The molecule has 2 aliphatic heterocycles. The topological polar surface area (TPSA) is 148 Å². The lowest BCUT2D eigenvalue weighted by atomic mass is 9.90. The smallest absolute Gasteiger partial charge is 0.481 e. The molecule has 0 saturated heterocycles. The number of nitrogens with one attached hydrogen (secondary N) is 1. The van der Waals surface area contributed by atoms with Gasteiger partial charge in [0.15, 0.2) is 5.70 Å². The Kier molecular flexibility index (Phi) is 19.4. The maximum atomic E-state index is 15.5. The number of carbonyl (C=O) groups excluding carboxylic acids is 1. The van der Waals surface area contributed by atoms with Crippen LogP contribution in [0.4, 0.5) is 8.63 Å². The third-order valence-corrected chi connectivity index (χ3v) is 7.65. The lowest BCUT2D eigenvalue weighted by molar-refractivity contribution is -0.362. The number of amides is 1. The molecular formula is C33H52BF2N3O11. The average Bonchev–Trinajstić information content (AvgIpc) is 3.63. The van der Waals surface area contributed by atoms with Gasteiger partial charge in [-0.25, -0.2) is 0 Å². The van der Waals surface area contributed by atoms with Gasteiger partial charge in [-0.2, -0.15) is 0 Å². The van der Waals surface area contributed by atoms with Gasteiger partial charge in [0.2, 0.25) is 5.91 Å². The van der Waals surface area contributed by atoms with Crippen molar-refractivity contribution in [2.45, 2.75) is 33.1 Å². The number of hydrogen-bond donors (Lipinski definition) is 2. The normalized spacial score (nSPS) is 14.6. The third kappa shape index (κ3) is 14.7. The van der Waals surface area contributed by atoms with E-state index in [2.05, 4.69) is 5.32 Å². The standard InChI is InChI=1S/C33H52BF2N3O11/c1-27-25-28(2)38-31(27)26-30-4-3-29(39(30)34(38,35)36)5-6-32(40)37-8-10-44-12-14-46-16-18-48-20-22-50-24-23-49-21-19-47-17-15-45-13-11-43-9-7-33(41)42/h3-4,25-26H,5-24H2,1-2H3,(H,37,40)(H,41,42). The minimum absolute atomic E-state index is 0.0153. The summed E-state index contributed by atoms with van der Waals surface area (Å²) in [4.78, 5) is 22.7. The molecule has 1 amide bonds. The van der Waals surface area contributed by atoms with Gasteiger partial charge < -0.3 is 65.9 Å². The molecule has 2 N–H and O–H groups in total. The molecule has 3 rings (SSSR count). The van der Waals surface area contributed by atoms with Gasteiger partial charge in [-0.05, 0) is 31.2 Å². The Morgan fingerprint density at radius 3 is 1.66 bits per heavy atom. The quantitative estimate of drug-likeness (QED) is 0.0893. The predicted octanol–water partition coefficient (Wildman–Crippen LogP) is 2.21. The lowest BCUT2D eigenvalue weighted by Gasteiger charge is -2.30. The molecule has 1 aromatic heterocycles. The summed E-state index contributed by atoms with van der Waals surface area (Å²) in [5.74, 6) is -1.11. The van der Waals surface area contributed by atoms with Gasteiger partial charge in [-0.15, -0.1) is 0 Å². The van der Waals surface area contributed by atoms with Crippen LogP contribution in [0, 0.1) is 13.8 Å². The number of ether oxygens (including phenoxy) is 8. The zero-order chi connectivity index (χ0) is 36.0. The van der Waals surface area contributed by atoms with Crippen molar-refractivity contribution in [2.24, 2.45) is 0 Å². The summed E-state index contributed by atoms with van der Waals surface area (Å²) in [6.07, 6.45) is 5.41. The summed E-state index contributed by atoms with van der Waals surface area (Å²) < 4.78 is 76.3. The van der Waals surface area contributed by atoms with Crippen LogP contribution < -0.4 is 5.32 Å². The van der Waals surface area contributed by atoms with Crippen molar-refractivity contribution in [3.8, 4) is 0 Å². The molecule has 14 nitrogen and oxygen atoms in total. The van der Waals surface area contributed by atoms with Crippen molar-refractivity contribution in [2.75, 3.05) is 112 Å². The van der Waals surface area contributed by atoms with Crippen LogP contribution in [0.1, 0.15) is 36.2 Å². The number of aliphatic carboxylic acids is 1. The molecule has 1 aromatic rings. The molecule has 2 aliphatic rings. The molecule has 0 fully saturated rings. The zero-order valence-electron chi connectivity index (χ0n) is 29.2. The molecular weight excluding hydrogens is 663 g/mol. The van der Waals surface area contributed by atoms with Gasteiger partial charge in [0, 0.05) is 43.3 Å². The van der Waals surface area contributed by atoms with Crippen molar-refractivity contribution in [3.63, 3.8) is 0 Å². The Bertz CT molecular complexity index is 1290. The number of allylic oxidation sites excluding steroid dienone is 2. The minimum atomic E-state index is -4.03. The number of carboxylic acids is 1. The van der Waals surface area contributed by atoms with Crippen LogP contribution in [-0.2, 0) is 47.5 Å². The summed E-state index contributed by atoms with van der Waals surface area (Å²) in [6.45, 7) is 6.19. The van der Waals surface area contributed by atoms with E-state index in [1.165, 1.54) is 0 Å². The van der Waals surface area contributed by atoms with E-state index in [0.717, 1.165) is 14.5 Å². The number of carbonyl (C=O) groups is 2. The Morgan fingerprint density at radius 2 is 1.18 bits per heavy atom. The fourth-order valence-corrected chi connectivity index (χ4v) is 5.29. The maximum absolute atomic E-state index is 15.5. The van der Waals surface area contributed by atoms with E-state index in [9.17, 15) is 9.59 Å². The van der Waals surface area contributed by atoms with E-state index < -0.39 is 12.9 Å². The molecule has 3 heterocycles. The second-order valence-electron chi connectivity index (χ2n) is 11.5. The van der Waals surface area contributed by atoms with Crippen molar-refractivity contribution in [3.05, 3.63) is 40.9 Å². The Balaban J connectivity index is 1.04. The SMILES string of the molecule is Cc1cc(C)n2c1C=C1C=CC(CCC(=O)NCCOCCOCCOCCOCCOCCOCCOCCOCCC(=O)O)=[N+]1[B-]2(F)F. The van der Waals surface area contributed by atoms with Gasteiger partial charge in [0.1, 0.15) is 5.71 Å². The predicted molar refractivity (Wildman–Crippen MR) is 181 cm³/mol. The number of nitrogens with zero attached hydrogens (tertiary/aromatic N) is 2. The summed E-state index contributed by atoms with van der Waals surface area (Å²) in [5, 5.41) is 11.3. The third-order valence-electron chi connectivity index (χ3n) is 7.65. The van der Waals surface area contributed by atoms with Crippen LogP contribution >= 0.6 is 0 Å². The lowest BCUT2D eigenvalue weighted by Crippen LogP contribution is -2.50. The fourth-order valence-electron chi connectivity index (χ4n) is 5.29. The molecule has 0 saturated carbocycles. The second kappa shape index (κ2) is 23.4. The maximum Gasteiger partial charge on any atom is 0.737 e. The molecule has 0 unspecified atom stereocenters. The molecule has 0 atom stereocenters. The number of fused-ring (bicyclic) bond motifs is 2. The summed E-state index contributed by atoms with van der Waals surface area (Å²) in [7, 11) is 0. The number of aryl methyl sites for hydroxylation is 2. The van der Waals surface area contributed by atoms with Gasteiger partial charge in [-0.1, -0.05) is 0 Å². The number of rotatable bonds is 30. The number of carboxylic acid groups (broad SMARTS) is 1. The van der Waals surface area contributed by atoms with Crippen LogP contribution in [0.2, 0.25) is 0 Å². The van der Waals surface area contributed by atoms with Crippen molar-refractivity contribution >= 4 is 30.6 Å². The van der Waals surface area contributed by atoms with Crippen molar-refractivity contribution in [1.82, 2.24) is 9.79 Å². The molecule has 282 valence electrons. The van der Waals surface area contributed by atoms with Crippen LogP contribution in [0.15, 0.2) is 23.9 Å². The zero-order valence-corrected chi connectivity index (χ0v) is 29.2. The Hall–Kier alpha value is -3.03. The average molecular weight is 716 g/mol. The van der Waals surface area contributed by atoms with Crippen LogP contribution in [0.3, 0.4) is 0 Å². The number of halogens is 2. The first-order valence-corrected chi connectivity index (χ1v) is 17.1. The highest BCUT2D eigenvalue weighted by Crippen LogP contribution is 2.34. The molecule has 0 spiro atoms. The monoisotopic (exact) mass is 715 g/mol. The van der Waals surface area contributed by atoms with Crippen LogP contribution in [0.25, 0.3) is 6.08 Å². The molecule has 0 aromatic carbocycles. The number of aromatic nitrogens is 1. The molecule has 0 radical (unpaired) electrons. The first-order chi connectivity index (χ1) is 24.2. The molecule has 0 aliphatic carbocycles. The van der Waals surface area contributed by atoms with Gasteiger partial charge in [0.25, 0.3) is 0 Å². The Morgan fingerprint density at radius 1 is 0.720 bits per heavy atom. The molecule has 50 heavy (non-hydrogen) atoms. The van der Waals surface area contributed by atoms with E-state index in [4.69, 9.17) is 43.0 Å². The molecule has 17 heteroatoms. The largest absolute Gasteiger partial charge is 0.737 e. The fraction of sp³-hybridized carbons (Fsp3) is 0.667. The Labute approximate surface area is 292 Å². The highest BCUT2D eigenvalue weighted by molar-refractivity contribution is 6.58. The van der Waals surface area contributed by atoms with Crippen LogP contribution in [-0.4, -0.2) is 151 Å². The number of hydrogen-bond acceptors (Lipinski definition) is 10. The second-order valence-corrected chi connectivity index (χ2v) is 11.5. The first-order valence-electron chi connectivity index (χ1n) is 17.1. The van der Waals surface area contributed by atoms with Gasteiger partial charge in [0.05, 0.1) is 112 Å². The summed E-state index contributed by atoms with van der Waals surface area (Å²) in [6, 6.07) is 1.76. The van der Waals surface area contributed by atoms with E-state index in [1.54, 1.807) is 31.2 Å². The van der Waals surface area contributed by atoms with Crippen molar-refractivity contribution in [1.29, 1.82) is 0 Å². The highest BCUT2D eigenvalue weighted by atomic mass is 19.2.